The first-order valence-electron chi connectivity index (χ1n) is 4.09. The van der Waals surface area contributed by atoms with Crippen LogP contribution in [0.25, 0.3) is 0 Å². The van der Waals surface area contributed by atoms with Gasteiger partial charge in [-0.25, -0.2) is 0 Å². The monoisotopic (exact) mass is 276 g/mol. The fourth-order valence-electron chi connectivity index (χ4n) is 1.17. The van der Waals surface area contributed by atoms with Crippen molar-refractivity contribution in [2.45, 2.75) is 6.04 Å². The Hall–Kier alpha value is 2.03. The molecule has 0 bridgehead atoms. The van der Waals surface area contributed by atoms with Gasteiger partial charge in [-0.15, -0.1) is 8.93 Å². The second-order valence-electron chi connectivity index (χ2n) is 2.90. The SMILES string of the molecule is PPP(P)OCC1CN(P)CCN1. The molecule has 78 valence electrons. The average Bonchev–Trinajstić information content (AvgIpc) is 2.14. The van der Waals surface area contributed by atoms with E-state index in [1.54, 1.807) is 0 Å². The highest BCUT2D eigenvalue weighted by atomic mass is 32.6. The molecule has 1 aliphatic rings. The number of hydrogen-bond acceptors (Lipinski definition) is 3. The predicted octanol–water partition coefficient (Wildman–Crippen LogP) is 1.64. The molecule has 6 unspecified atom stereocenters. The average molecular weight is 276 g/mol. The van der Waals surface area contributed by atoms with Crippen molar-refractivity contribution in [1.29, 1.82) is 0 Å². The van der Waals surface area contributed by atoms with Crippen LogP contribution in [0.5, 0.6) is 0 Å². The quantitative estimate of drug-likeness (QED) is 0.790. The lowest BCUT2D eigenvalue weighted by Crippen LogP contribution is -2.48. The number of nitrogens with one attached hydrogen (secondary N) is 1. The second-order valence-corrected chi connectivity index (χ2v) is 12.2. The van der Waals surface area contributed by atoms with E-state index in [-0.39, 0.29) is 7.53 Å². The predicted molar refractivity (Wildman–Crippen MR) is 73.7 cm³/mol. The summed E-state index contributed by atoms with van der Waals surface area (Å²) >= 11 is 0. The van der Waals surface area contributed by atoms with Crippen LogP contribution in [-0.4, -0.2) is 37.0 Å². The number of nitrogens with zero attached hydrogens (tertiary/aromatic N) is 1. The first-order chi connectivity index (χ1) is 6.22. The summed E-state index contributed by atoms with van der Waals surface area (Å²) in [5.74, 6) is 0. The summed E-state index contributed by atoms with van der Waals surface area (Å²) in [6, 6.07) is 0.498. The minimum absolute atomic E-state index is 0.275. The van der Waals surface area contributed by atoms with E-state index >= 15 is 0 Å². The zero-order valence-corrected chi connectivity index (χ0v) is 12.8. The highest BCUT2D eigenvalue weighted by molar-refractivity contribution is 8.59. The van der Waals surface area contributed by atoms with Gasteiger partial charge in [-0.05, 0) is 7.96 Å². The van der Waals surface area contributed by atoms with E-state index in [2.05, 4.69) is 37.2 Å². The first-order valence-corrected chi connectivity index (χ1v) is 11.1. The minimum Gasteiger partial charge on any atom is -0.349 e. The Bertz CT molecular complexity index is 151. The van der Waals surface area contributed by atoms with Crippen LogP contribution in [0.15, 0.2) is 0 Å². The molecule has 8 heteroatoms. The van der Waals surface area contributed by atoms with E-state index in [4.69, 9.17) is 4.52 Å². The summed E-state index contributed by atoms with van der Waals surface area (Å²) in [5.41, 5.74) is 0. The lowest BCUT2D eigenvalue weighted by Gasteiger charge is -2.30. The van der Waals surface area contributed by atoms with Crippen molar-refractivity contribution in [3.8, 4) is 0 Å². The maximum Gasteiger partial charge on any atom is 0.0710 e. The third-order valence-electron chi connectivity index (χ3n) is 1.83. The lowest BCUT2D eigenvalue weighted by atomic mass is 10.2. The van der Waals surface area contributed by atoms with Gasteiger partial charge >= 0.3 is 0 Å². The molecule has 13 heavy (non-hydrogen) atoms. The van der Waals surface area contributed by atoms with Crippen molar-refractivity contribution >= 4 is 42.7 Å². The van der Waals surface area contributed by atoms with Gasteiger partial charge in [0.15, 0.2) is 0 Å². The molecule has 0 amide bonds. The van der Waals surface area contributed by atoms with Gasteiger partial charge in [-0.2, -0.15) is 0 Å². The Morgan fingerprint density at radius 2 is 2.46 bits per heavy atom. The molecule has 1 saturated heterocycles. The van der Waals surface area contributed by atoms with Gasteiger partial charge in [0.1, 0.15) is 0 Å². The summed E-state index contributed by atoms with van der Waals surface area (Å²) in [7, 11) is 8.81. The van der Waals surface area contributed by atoms with Crippen LogP contribution in [0.4, 0.5) is 0 Å². The zero-order valence-electron chi connectivity index (χ0n) is 7.44. The molecule has 3 nitrogen and oxygen atoms in total. The Morgan fingerprint density at radius 1 is 1.69 bits per heavy atom. The summed E-state index contributed by atoms with van der Waals surface area (Å²) in [4.78, 5) is 0. The van der Waals surface area contributed by atoms with Gasteiger partial charge in [0.25, 0.3) is 0 Å². The van der Waals surface area contributed by atoms with Crippen LogP contribution in [-0.2, 0) is 4.52 Å². The molecule has 0 aliphatic carbocycles. The fourth-order valence-corrected chi connectivity index (χ4v) is 3.35. The third kappa shape index (κ3) is 5.61. The van der Waals surface area contributed by atoms with Crippen LogP contribution in [0.1, 0.15) is 0 Å². The van der Waals surface area contributed by atoms with Crippen molar-refractivity contribution in [2.75, 3.05) is 26.2 Å². The van der Waals surface area contributed by atoms with E-state index in [0.29, 0.717) is 6.04 Å². The van der Waals surface area contributed by atoms with Crippen molar-refractivity contribution in [2.24, 2.45) is 0 Å². The standard InChI is InChI=1S/C5H17N2OP5/c9-7-2-1-6-5(3-7)4-8-13(11)12-10/h5-6,12H,1-4,9-11H2. The Kier molecular flexibility index (Phi) is 7.38. The molecule has 1 N–H and O–H groups in total. The first kappa shape index (κ1) is 13.1. The van der Waals surface area contributed by atoms with Crippen molar-refractivity contribution < 1.29 is 4.52 Å². The molecule has 0 saturated carbocycles. The Balaban J connectivity index is 2.13. The van der Waals surface area contributed by atoms with Gasteiger partial charge in [0, 0.05) is 25.7 Å². The van der Waals surface area contributed by atoms with Crippen molar-refractivity contribution in [3.05, 3.63) is 0 Å². The summed E-state index contributed by atoms with van der Waals surface area (Å²) in [5, 5.41) is 3.45. The molecular formula is C5H17N2OP5. The fraction of sp³-hybridized carbons (Fsp3) is 1.00. The molecule has 0 radical (unpaired) electrons. The molecule has 0 aromatic heterocycles. The van der Waals surface area contributed by atoms with Gasteiger partial charge in [0.05, 0.1) is 14.1 Å². The van der Waals surface area contributed by atoms with Crippen LogP contribution >= 0.6 is 42.7 Å². The Morgan fingerprint density at radius 3 is 3.08 bits per heavy atom. The van der Waals surface area contributed by atoms with Crippen LogP contribution in [0, 0.1) is 0 Å². The number of hydrogen-bond donors (Lipinski definition) is 1. The van der Waals surface area contributed by atoms with E-state index in [1.165, 1.54) is 0 Å². The topological polar surface area (TPSA) is 24.5 Å². The van der Waals surface area contributed by atoms with Crippen LogP contribution in [0.2, 0.25) is 0 Å². The smallest absolute Gasteiger partial charge is 0.0710 e. The summed E-state index contributed by atoms with van der Waals surface area (Å²) < 4.78 is 7.96. The lowest BCUT2D eigenvalue weighted by molar-refractivity contribution is 0.235. The van der Waals surface area contributed by atoms with E-state index < -0.39 is 0 Å². The van der Waals surface area contributed by atoms with Crippen LogP contribution < -0.4 is 5.32 Å². The van der Waals surface area contributed by atoms with Gasteiger partial charge in [-0.1, -0.05) is 18.3 Å². The summed E-state index contributed by atoms with van der Waals surface area (Å²) in [6.07, 6.45) is 0. The second kappa shape index (κ2) is 7.33. The van der Waals surface area contributed by atoms with Crippen LogP contribution in [0.3, 0.4) is 0 Å². The Labute approximate surface area is 89.8 Å². The maximum atomic E-state index is 5.70. The highest BCUT2D eigenvalue weighted by Gasteiger charge is 2.17. The van der Waals surface area contributed by atoms with Gasteiger partial charge in [-0.3, -0.25) is 4.67 Å². The number of rotatable bonds is 4. The van der Waals surface area contributed by atoms with Crippen molar-refractivity contribution in [3.63, 3.8) is 0 Å². The maximum absolute atomic E-state index is 5.70. The highest BCUT2D eigenvalue weighted by Crippen LogP contribution is 2.66. The third-order valence-corrected chi connectivity index (χ3v) is 10.9. The minimum atomic E-state index is -0.275. The van der Waals surface area contributed by atoms with E-state index in [0.717, 1.165) is 34.2 Å². The summed E-state index contributed by atoms with van der Waals surface area (Å²) in [6.45, 7) is 4.08. The molecule has 1 rings (SSSR count). The molecule has 0 aromatic rings. The largest absolute Gasteiger partial charge is 0.349 e. The molecule has 0 spiro atoms. The molecule has 1 heterocycles. The van der Waals surface area contributed by atoms with E-state index in [1.807, 2.05) is 0 Å². The normalized spacial score (nSPS) is 28.4. The van der Waals surface area contributed by atoms with E-state index in [9.17, 15) is 0 Å². The number of piperazine rings is 1. The molecule has 1 fully saturated rings. The van der Waals surface area contributed by atoms with Gasteiger partial charge < -0.3 is 9.84 Å². The molecule has 1 aliphatic heterocycles. The van der Waals surface area contributed by atoms with Crippen molar-refractivity contribution in [1.82, 2.24) is 9.99 Å². The molecular weight excluding hydrogens is 259 g/mol. The molecule has 0 aromatic carbocycles. The van der Waals surface area contributed by atoms with Gasteiger partial charge in [0.2, 0.25) is 0 Å². The zero-order chi connectivity index (χ0) is 9.68. The molecule has 6 atom stereocenters.